The van der Waals surface area contributed by atoms with Crippen LogP contribution in [0.1, 0.15) is 71.4 Å². The number of rotatable bonds is 5. The maximum absolute atomic E-state index is 4.39. The predicted octanol–water partition coefficient (Wildman–Crippen LogP) is 3.57. The Labute approximate surface area is 135 Å². The molecule has 124 valence electrons. The highest BCUT2D eigenvalue weighted by Crippen LogP contribution is 2.55. The largest absolute Gasteiger partial charge is 0.312 e. The van der Waals surface area contributed by atoms with E-state index >= 15 is 0 Å². The van der Waals surface area contributed by atoms with Crippen LogP contribution in [0.15, 0.2) is 6.20 Å². The molecule has 0 bridgehead atoms. The first-order chi connectivity index (χ1) is 10.5. The van der Waals surface area contributed by atoms with Gasteiger partial charge in [-0.15, -0.1) is 5.10 Å². The van der Waals surface area contributed by atoms with Crippen molar-refractivity contribution >= 4 is 0 Å². The van der Waals surface area contributed by atoms with Crippen molar-refractivity contribution in [2.24, 2.45) is 11.3 Å². The van der Waals surface area contributed by atoms with Crippen molar-refractivity contribution in [2.45, 2.75) is 84.2 Å². The van der Waals surface area contributed by atoms with Crippen LogP contribution < -0.4 is 5.32 Å². The zero-order chi connectivity index (χ0) is 15.6. The third kappa shape index (κ3) is 3.70. The Morgan fingerprint density at radius 3 is 2.68 bits per heavy atom. The second kappa shape index (κ2) is 6.31. The molecule has 1 heterocycles. The van der Waals surface area contributed by atoms with Crippen molar-refractivity contribution in [3.05, 3.63) is 11.9 Å². The Hall–Kier alpha value is -0.900. The van der Waals surface area contributed by atoms with Crippen LogP contribution in [0.2, 0.25) is 0 Å². The van der Waals surface area contributed by atoms with Crippen molar-refractivity contribution in [1.29, 1.82) is 0 Å². The first kappa shape index (κ1) is 16.0. The summed E-state index contributed by atoms with van der Waals surface area (Å²) >= 11 is 0. The van der Waals surface area contributed by atoms with E-state index in [1.54, 1.807) is 0 Å². The number of hydrogen-bond acceptors (Lipinski definition) is 3. The average Bonchev–Trinajstić information content (AvgIpc) is 2.84. The third-order valence-electron chi connectivity index (χ3n) is 5.72. The van der Waals surface area contributed by atoms with Crippen molar-refractivity contribution in [1.82, 2.24) is 20.3 Å². The number of hydrogen-bond donors (Lipinski definition) is 1. The number of aromatic nitrogens is 3. The standard InChI is InChI=1S/C18H32N4/c1-17(2,3)19-12-8-16-14-22(21-20-16)13-15-7-4-5-9-18(15)10-6-11-18/h14-15,19H,4-13H2,1-3H3. The molecule has 2 aliphatic carbocycles. The van der Waals surface area contributed by atoms with Gasteiger partial charge in [0.25, 0.3) is 0 Å². The summed E-state index contributed by atoms with van der Waals surface area (Å²) < 4.78 is 2.11. The summed E-state index contributed by atoms with van der Waals surface area (Å²) in [6.45, 7) is 8.65. The Bertz CT molecular complexity index is 482. The summed E-state index contributed by atoms with van der Waals surface area (Å²) in [6, 6.07) is 0. The molecule has 1 atom stereocenters. The van der Waals surface area contributed by atoms with E-state index in [4.69, 9.17) is 0 Å². The molecule has 1 N–H and O–H groups in total. The molecule has 2 aliphatic rings. The van der Waals surface area contributed by atoms with Gasteiger partial charge in [-0.3, -0.25) is 4.68 Å². The normalized spacial score (nSPS) is 24.4. The summed E-state index contributed by atoms with van der Waals surface area (Å²) in [5.41, 5.74) is 1.96. The Morgan fingerprint density at radius 2 is 2.00 bits per heavy atom. The molecule has 1 spiro atoms. The van der Waals surface area contributed by atoms with Gasteiger partial charge in [0.1, 0.15) is 0 Å². The maximum Gasteiger partial charge on any atom is 0.0839 e. The van der Waals surface area contributed by atoms with Crippen LogP contribution in [0, 0.1) is 11.3 Å². The molecule has 2 fully saturated rings. The van der Waals surface area contributed by atoms with E-state index in [1.165, 1.54) is 44.9 Å². The molecule has 1 unspecified atom stereocenters. The van der Waals surface area contributed by atoms with Crippen LogP contribution in [0.25, 0.3) is 0 Å². The van der Waals surface area contributed by atoms with Gasteiger partial charge in [0.2, 0.25) is 0 Å². The van der Waals surface area contributed by atoms with E-state index < -0.39 is 0 Å². The van der Waals surface area contributed by atoms with Gasteiger partial charge in [0.05, 0.1) is 5.69 Å². The topological polar surface area (TPSA) is 42.7 Å². The second-order valence-electron chi connectivity index (χ2n) is 8.52. The molecule has 4 nitrogen and oxygen atoms in total. The average molecular weight is 304 g/mol. The third-order valence-corrected chi connectivity index (χ3v) is 5.72. The van der Waals surface area contributed by atoms with E-state index in [2.05, 4.69) is 47.3 Å². The fourth-order valence-electron chi connectivity index (χ4n) is 4.29. The van der Waals surface area contributed by atoms with Gasteiger partial charge in [0.15, 0.2) is 0 Å². The Balaban J connectivity index is 1.53. The quantitative estimate of drug-likeness (QED) is 0.904. The van der Waals surface area contributed by atoms with Gasteiger partial charge in [0, 0.05) is 31.2 Å². The van der Waals surface area contributed by atoms with Gasteiger partial charge < -0.3 is 5.32 Å². The molecular weight excluding hydrogens is 272 g/mol. The van der Waals surface area contributed by atoms with Gasteiger partial charge in [-0.1, -0.05) is 24.5 Å². The van der Waals surface area contributed by atoms with Crippen LogP contribution >= 0.6 is 0 Å². The summed E-state index contributed by atoms with van der Waals surface area (Å²) in [7, 11) is 0. The lowest BCUT2D eigenvalue weighted by Crippen LogP contribution is -2.41. The molecule has 3 rings (SSSR count). The summed E-state index contributed by atoms with van der Waals surface area (Å²) in [6.07, 6.45) is 13.2. The van der Waals surface area contributed by atoms with Crippen LogP contribution in [0.4, 0.5) is 0 Å². The highest BCUT2D eigenvalue weighted by atomic mass is 15.4. The lowest BCUT2D eigenvalue weighted by Gasteiger charge is -2.51. The fourth-order valence-corrected chi connectivity index (χ4v) is 4.29. The van der Waals surface area contributed by atoms with E-state index in [-0.39, 0.29) is 5.54 Å². The fraction of sp³-hybridized carbons (Fsp3) is 0.889. The zero-order valence-corrected chi connectivity index (χ0v) is 14.6. The van der Waals surface area contributed by atoms with Crippen molar-refractivity contribution in [2.75, 3.05) is 6.54 Å². The van der Waals surface area contributed by atoms with Gasteiger partial charge >= 0.3 is 0 Å². The molecule has 0 amide bonds. The van der Waals surface area contributed by atoms with E-state index in [9.17, 15) is 0 Å². The maximum atomic E-state index is 4.39. The number of nitrogens with one attached hydrogen (secondary N) is 1. The highest BCUT2D eigenvalue weighted by Gasteiger charge is 2.45. The second-order valence-corrected chi connectivity index (χ2v) is 8.52. The van der Waals surface area contributed by atoms with Crippen LogP contribution in [0.3, 0.4) is 0 Å². The lowest BCUT2D eigenvalue weighted by molar-refractivity contribution is -0.00404. The van der Waals surface area contributed by atoms with Crippen molar-refractivity contribution < 1.29 is 0 Å². The van der Waals surface area contributed by atoms with E-state index in [0.29, 0.717) is 5.41 Å². The molecule has 22 heavy (non-hydrogen) atoms. The Morgan fingerprint density at radius 1 is 1.23 bits per heavy atom. The molecule has 0 saturated heterocycles. The SMILES string of the molecule is CC(C)(C)NCCc1cn(CC2CCCCC23CCC3)nn1. The summed E-state index contributed by atoms with van der Waals surface area (Å²) in [5.74, 6) is 0.831. The molecule has 2 saturated carbocycles. The molecular formula is C18H32N4. The van der Waals surface area contributed by atoms with Crippen molar-refractivity contribution in [3.63, 3.8) is 0 Å². The molecule has 1 aromatic rings. The molecule has 0 aliphatic heterocycles. The van der Waals surface area contributed by atoms with Crippen LogP contribution in [0.5, 0.6) is 0 Å². The minimum absolute atomic E-state index is 0.175. The Kier molecular flexibility index (Phi) is 4.58. The van der Waals surface area contributed by atoms with Gasteiger partial charge in [-0.25, -0.2) is 0 Å². The smallest absolute Gasteiger partial charge is 0.0839 e. The lowest BCUT2D eigenvalue weighted by atomic mass is 9.55. The van der Waals surface area contributed by atoms with Crippen LogP contribution in [-0.2, 0) is 13.0 Å². The zero-order valence-electron chi connectivity index (χ0n) is 14.6. The van der Waals surface area contributed by atoms with Gasteiger partial charge in [-0.2, -0.15) is 0 Å². The van der Waals surface area contributed by atoms with Crippen LogP contribution in [-0.4, -0.2) is 27.1 Å². The summed E-state index contributed by atoms with van der Waals surface area (Å²) in [5, 5.41) is 12.3. The molecule has 0 radical (unpaired) electrons. The minimum atomic E-state index is 0.175. The molecule has 1 aromatic heterocycles. The van der Waals surface area contributed by atoms with Gasteiger partial charge in [-0.05, 0) is 57.8 Å². The monoisotopic (exact) mass is 304 g/mol. The van der Waals surface area contributed by atoms with E-state index in [0.717, 1.165) is 31.1 Å². The minimum Gasteiger partial charge on any atom is -0.312 e. The molecule has 4 heteroatoms. The predicted molar refractivity (Wildman–Crippen MR) is 89.7 cm³/mol. The highest BCUT2D eigenvalue weighted by molar-refractivity contribution is 4.98. The summed E-state index contributed by atoms with van der Waals surface area (Å²) in [4.78, 5) is 0. The first-order valence-corrected chi connectivity index (χ1v) is 9.11. The van der Waals surface area contributed by atoms with E-state index in [1.807, 2.05) is 0 Å². The van der Waals surface area contributed by atoms with Crippen molar-refractivity contribution in [3.8, 4) is 0 Å². The number of nitrogens with zero attached hydrogens (tertiary/aromatic N) is 3. The first-order valence-electron chi connectivity index (χ1n) is 9.11. The molecule has 0 aromatic carbocycles.